The monoisotopic (exact) mass is 449 g/mol. The zero-order valence-corrected chi connectivity index (χ0v) is 19.8. The van der Waals surface area contributed by atoms with Gasteiger partial charge in [0.05, 0.1) is 18.4 Å². The predicted octanol–water partition coefficient (Wildman–Crippen LogP) is 4.09. The normalized spacial score (nSPS) is 21.7. The van der Waals surface area contributed by atoms with E-state index in [0.29, 0.717) is 26.2 Å². The van der Waals surface area contributed by atoms with Gasteiger partial charge in [-0.2, -0.15) is 10.4 Å². The van der Waals surface area contributed by atoms with E-state index in [0.717, 1.165) is 50.0 Å². The number of nitrogens with zero attached hydrogens (tertiary/aromatic N) is 4. The quantitative estimate of drug-likeness (QED) is 0.720. The molecule has 2 unspecified atom stereocenters. The number of ether oxygens (including phenoxy) is 1. The number of carbonyl (C=O) groups excluding carboxylic acids is 1. The minimum atomic E-state index is 0.0718. The number of urea groups is 1. The van der Waals surface area contributed by atoms with Crippen molar-refractivity contribution < 1.29 is 9.53 Å². The molecule has 2 saturated heterocycles. The van der Waals surface area contributed by atoms with Gasteiger partial charge in [-0.3, -0.25) is 5.10 Å². The summed E-state index contributed by atoms with van der Waals surface area (Å²) in [4.78, 5) is 17.4. The van der Waals surface area contributed by atoms with Crippen molar-refractivity contribution in [3.63, 3.8) is 0 Å². The summed E-state index contributed by atoms with van der Waals surface area (Å²) >= 11 is 0. The Morgan fingerprint density at radius 1 is 1.18 bits per heavy atom. The van der Waals surface area contributed by atoms with Gasteiger partial charge < -0.3 is 14.5 Å². The van der Waals surface area contributed by atoms with Gasteiger partial charge in [-0.25, -0.2) is 4.79 Å². The molecule has 0 spiro atoms. The third-order valence-electron chi connectivity index (χ3n) is 7.17. The Bertz CT molecular complexity index is 956. The average Bonchev–Trinajstić information content (AvgIpc) is 3.36. The number of amides is 2. The molecule has 7 heteroatoms. The number of aryl methyl sites for hydroxylation is 1. The van der Waals surface area contributed by atoms with Gasteiger partial charge in [-0.05, 0) is 42.9 Å². The number of piperidine rings is 2. The second-order valence-electron chi connectivity index (χ2n) is 9.36. The number of hydrogen-bond acceptors (Lipinski definition) is 4. The molecule has 7 nitrogen and oxygen atoms in total. The first-order valence-corrected chi connectivity index (χ1v) is 12.2. The van der Waals surface area contributed by atoms with Crippen LogP contribution in [0.15, 0.2) is 30.3 Å². The van der Waals surface area contributed by atoms with Crippen molar-refractivity contribution >= 4 is 6.03 Å². The van der Waals surface area contributed by atoms with Crippen molar-refractivity contribution in [2.75, 3.05) is 39.9 Å². The largest absolute Gasteiger partial charge is 0.384 e. The van der Waals surface area contributed by atoms with Gasteiger partial charge in [-0.1, -0.05) is 31.2 Å². The van der Waals surface area contributed by atoms with Crippen LogP contribution in [-0.4, -0.2) is 65.9 Å². The lowest BCUT2D eigenvalue weighted by atomic mass is 9.82. The molecule has 0 radical (unpaired) electrons. The number of nitrogens with one attached hydrogen (secondary N) is 1. The van der Waals surface area contributed by atoms with Crippen molar-refractivity contribution in [3.8, 4) is 6.07 Å². The van der Waals surface area contributed by atoms with Crippen LogP contribution < -0.4 is 0 Å². The molecule has 4 rings (SSSR count). The van der Waals surface area contributed by atoms with E-state index in [1.165, 1.54) is 11.1 Å². The molecule has 0 aliphatic carbocycles. The fourth-order valence-electron chi connectivity index (χ4n) is 5.07. The summed E-state index contributed by atoms with van der Waals surface area (Å²) in [6.07, 6.45) is 4.33. The van der Waals surface area contributed by atoms with Gasteiger partial charge in [0.2, 0.25) is 0 Å². The van der Waals surface area contributed by atoms with Crippen LogP contribution in [0.5, 0.6) is 0 Å². The summed E-state index contributed by atoms with van der Waals surface area (Å²) in [5.41, 5.74) is 4.71. The summed E-state index contributed by atoms with van der Waals surface area (Å²) in [6.45, 7) is 5.55. The van der Waals surface area contributed by atoms with E-state index < -0.39 is 0 Å². The number of rotatable bonds is 6. The van der Waals surface area contributed by atoms with Crippen LogP contribution in [-0.2, 0) is 17.6 Å². The van der Waals surface area contributed by atoms with E-state index in [4.69, 9.17) is 4.74 Å². The standard InChI is InChI=1S/C26H35N5O2/c1-3-19-4-6-21(7-5-19)22-14-23(25-15-24(28-29-25)10-13-33-2)18-31(17-22)26(32)30-11-8-20(16-27)9-12-30/h4-7,15,20,22-23H,3,8-14,17-18H2,1-2H3,(H,28,29). The minimum absolute atomic E-state index is 0.0718. The Hall–Kier alpha value is -2.85. The summed E-state index contributed by atoms with van der Waals surface area (Å²) in [7, 11) is 1.70. The van der Waals surface area contributed by atoms with E-state index in [-0.39, 0.29) is 23.8 Å². The molecule has 0 bridgehead atoms. The maximum Gasteiger partial charge on any atom is 0.320 e. The number of nitriles is 1. The van der Waals surface area contributed by atoms with E-state index >= 15 is 0 Å². The predicted molar refractivity (Wildman–Crippen MR) is 127 cm³/mol. The number of methoxy groups -OCH3 is 1. The Labute approximate surface area is 196 Å². The highest BCUT2D eigenvalue weighted by molar-refractivity contribution is 5.75. The zero-order valence-electron chi connectivity index (χ0n) is 19.8. The summed E-state index contributed by atoms with van der Waals surface area (Å²) in [5.74, 6) is 0.527. The second-order valence-corrected chi connectivity index (χ2v) is 9.36. The second kappa shape index (κ2) is 10.8. The highest BCUT2D eigenvalue weighted by Crippen LogP contribution is 2.36. The molecule has 2 aromatic rings. The van der Waals surface area contributed by atoms with Gasteiger partial charge >= 0.3 is 6.03 Å². The van der Waals surface area contributed by atoms with Gasteiger partial charge in [0.25, 0.3) is 0 Å². The van der Waals surface area contributed by atoms with Gasteiger partial charge in [0, 0.05) is 63.2 Å². The highest BCUT2D eigenvalue weighted by Gasteiger charge is 2.35. The van der Waals surface area contributed by atoms with Crippen LogP contribution >= 0.6 is 0 Å². The van der Waals surface area contributed by atoms with E-state index in [1.807, 2.05) is 9.80 Å². The van der Waals surface area contributed by atoms with Crippen molar-refractivity contribution in [2.45, 2.75) is 50.9 Å². The van der Waals surface area contributed by atoms with E-state index in [9.17, 15) is 10.1 Å². The summed E-state index contributed by atoms with van der Waals surface area (Å²) < 4.78 is 5.20. The molecule has 2 aliphatic heterocycles. The maximum atomic E-state index is 13.5. The molecule has 1 N–H and O–H groups in total. The lowest BCUT2D eigenvalue weighted by Crippen LogP contribution is -2.51. The zero-order chi connectivity index (χ0) is 23.2. The molecule has 1 aromatic heterocycles. The number of hydrogen-bond donors (Lipinski definition) is 1. The number of carbonyl (C=O) groups is 1. The fraction of sp³-hybridized carbons (Fsp3) is 0.577. The minimum Gasteiger partial charge on any atom is -0.384 e. The Balaban J connectivity index is 1.53. The van der Waals surface area contributed by atoms with Crippen LogP contribution in [0.25, 0.3) is 0 Å². The van der Waals surface area contributed by atoms with Gasteiger partial charge in [-0.15, -0.1) is 0 Å². The molecule has 3 heterocycles. The molecule has 176 valence electrons. The van der Waals surface area contributed by atoms with E-state index in [2.05, 4.69) is 53.5 Å². The van der Waals surface area contributed by atoms with Crippen LogP contribution in [0, 0.1) is 17.2 Å². The SMILES string of the molecule is CCc1ccc(C2CC(c3cc(CCOC)[nH]n3)CN(C(=O)N3CCC(C#N)CC3)C2)cc1. The number of likely N-dealkylation sites (tertiary alicyclic amines) is 2. The number of benzene rings is 1. The average molecular weight is 450 g/mol. The smallest absolute Gasteiger partial charge is 0.320 e. The number of aromatic amines is 1. The molecular weight excluding hydrogens is 414 g/mol. The summed E-state index contributed by atoms with van der Waals surface area (Å²) in [6, 6.07) is 13.4. The van der Waals surface area contributed by atoms with Crippen LogP contribution in [0.3, 0.4) is 0 Å². The molecular formula is C26H35N5O2. The van der Waals surface area contributed by atoms with Crippen molar-refractivity contribution in [3.05, 3.63) is 52.8 Å². The molecule has 0 saturated carbocycles. The summed E-state index contributed by atoms with van der Waals surface area (Å²) in [5, 5.41) is 17.0. The van der Waals surface area contributed by atoms with Crippen molar-refractivity contribution in [1.29, 1.82) is 5.26 Å². The molecule has 33 heavy (non-hydrogen) atoms. The number of aromatic nitrogens is 2. The van der Waals surface area contributed by atoms with Gasteiger partial charge in [0.1, 0.15) is 0 Å². The Morgan fingerprint density at radius 3 is 2.58 bits per heavy atom. The number of H-pyrrole nitrogens is 1. The Kier molecular flexibility index (Phi) is 7.66. The van der Waals surface area contributed by atoms with Crippen LogP contribution in [0.4, 0.5) is 4.79 Å². The first kappa shape index (κ1) is 23.3. The maximum absolute atomic E-state index is 13.5. The van der Waals surface area contributed by atoms with Crippen molar-refractivity contribution in [2.24, 2.45) is 5.92 Å². The van der Waals surface area contributed by atoms with E-state index in [1.54, 1.807) is 7.11 Å². The van der Waals surface area contributed by atoms with Crippen LogP contribution in [0.1, 0.15) is 60.5 Å². The lowest BCUT2D eigenvalue weighted by molar-refractivity contribution is 0.120. The third-order valence-corrected chi connectivity index (χ3v) is 7.17. The van der Waals surface area contributed by atoms with Crippen molar-refractivity contribution in [1.82, 2.24) is 20.0 Å². The van der Waals surface area contributed by atoms with Gasteiger partial charge in [0.15, 0.2) is 0 Å². The fourth-order valence-corrected chi connectivity index (χ4v) is 5.07. The molecule has 2 fully saturated rings. The lowest BCUT2D eigenvalue weighted by Gasteiger charge is -2.41. The molecule has 2 atom stereocenters. The topological polar surface area (TPSA) is 85.2 Å². The third kappa shape index (κ3) is 5.56. The highest BCUT2D eigenvalue weighted by atomic mass is 16.5. The molecule has 2 aliphatic rings. The molecule has 1 aromatic carbocycles. The Morgan fingerprint density at radius 2 is 1.91 bits per heavy atom. The molecule has 2 amide bonds. The first-order valence-electron chi connectivity index (χ1n) is 12.2. The van der Waals surface area contributed by atoms with Crippen LogP contribution in [0.2, 0.25) is 0 Å². The first-order chi connectivity index (χ1) is 16.1.